The molecule has 0 aromatic rings. The van der Waals surface area contributed by atoms with Crippen LogP contribution in [0.25, 0.3) is 0 Å². The minimum Gasteiger partial charge on any atom is -0.480 e. The molecule has 13 heteroatoms. The number of nitrogens with one attached hydrogen (secondary N) is 3. The number of carboxylic acid groups (broad SMARTS) is 1. The van der Waals surface area contributed by atoms with E-state index in [2.05, 4.69) is 33.6 Å². The molecule has 2 atom stereocenters. The molecular formula is C13H25N7O5S. The van der Waals surface area contributed by atoms with Crippen LogP contribution < -0.4 is 33.2 Å². The lowest BCUT2D eigenvalue weighted by Gasteiger charge is -2.14. The highest BCUT2D eigenvalue weighted by Gasteiger charge is 2.19. The lowest BCUT2D eigenvalue weighted by Crippen LogP contribution is -2.48. The molecule has 3 amide bonds. The number of guanidine groups is 1. The molecule has 0 aliphatic carbocycles. The highest BCUT2D eigenvalue weighted by molar-refractivity contribution is 7.80. The molecule has 26 heavy (non-hydrogen) atoms. The lowest BCUT2D eigenvalue weighted by molar-refractivity contribution is -0.142. The Kier molecular flexibility index (Phi) is 11.5. The predicted octanol–water partition coefficient (Wildman–Crippen LogP) is -3.90. The number of rotatable bonds is 12. The first kappa shape index (κ1) is 23.5. The van der Waals surface area contributed by atoms with E-state index in [1.807, 2.05) is 0 Å². The molecule has 148 valence electrons. The van der Waals surface area contributed by atoms with Gasteiger partial charge < -0.3 is 38.3 Å². The van der Waals surface area contributed by atoms with Gasteiger partial charge in [0.25, 0.3) is 0 Å². The number of hydrogen-bond acceptors (Lipinski definition) is 7. The molecule has 0 radical (unpaired) electrons. The van der Waals surface area contributed by atoms with Crippen LogP contribution in [0, 0.1) is 0 Å². The fourth-order valence-electron chi connectivity index (χ4n) is 1.63. The first-order chi connectivity index (χ1) is 12.2. The molecule has 0 rings (SSSR count). The SMILES string of the molecule is NC(N)=NCCCC(NC(=O)CNC(=O)CNC(=O)C(N)CS)C(=O)O. The number of thiol groups is 1. The molecule has 12 nitrogen and oxygen atoms in total. The van der Waals surface area contributed by atoms with Crippen molar-refractivity contribution < 1.29 is 24.3 Å². The fraction of sp³-hybridized carbons (Fsp3) is 0.615. The smallest absolute Gasteiger partial charge is 0.326 e. The van der Waals surface area contributed by atoms with Crippen LogP contribution in [0.5, 0.6) is 0 Å². The van der Waals surface area contributed by atoms with Gasteiger partial charge in [-0.1, -0.05) is 0 Å². The number of aliphatic carboxylic acids is 1. The molecule has 0 fully saturated rings. The average Bonchev–Trinajstić information content (AvgIpc) is 2.59. The fourth-order valence-corrected chi connectivity index (χ4v) is 1.79. The van der Waals surface area contributed by atoms with Gasteiger partial charge in [0.2, 0.25) is 17.7 Å². The summed E-state index contributed by atoms with van der Waals surface area (Å²) in [6, 6.07) is -1.98. The third-order valence-corrected chi connectivity index (χ3v) is 3.37. The summed E-state index contributed by atoms with van der Waals surface area (Å²) in [6.45, 7) is -0.577. The normalized spacial score (nSPS) is 12.4. The molecule has 0 saturated carbocycles. The maximum absolute atomic E-state index is 11.7. The van der Waals surface area contributed by atoms with Gasteiger partial charge in [0.05, 0.1) is 19.1 Å². The average molecular weight is 391 g/mol. The van der Waals surface area contributed by atoms with Crippen molar-refractivity contribution in [1.29, 1.82) is 0 Å². The number of carbonyl (C=O) groups excluding carboxylic acids is 3. The molecule has 2 unspecified atom stereocenters. The van der Waals surface area contributed by atoms with Crippen molar-refractivity contribution in [3.63, 3.8) is 0 Å². The van der Waals surface area contributed by atoms with Crippen LogP contribution in [-0.2, 0) is 19.2 Å². The van der Waals surface area contributed by atoms with Crippen LogP contribution in [0.15, 0.2) is 4.99 Å². The number of carbonyl (C=O) groups is 4. The van der Waals surface area contributed by atoms with Crippen molar-refractivity contribution in [3.05, 3.63) is 0 Å². The maximum Gasteiger partial charge on any atom is 0.326 e. The van der Waals surface area contributed by atoms with Gasteiger partial charge in [0.1, 0.15) is 6.04 Å². The van der Waals surface area contributed by atoms with E-state index in [4.69, 9.17) is 22.3 Å². The zero-order chi connectivity index (χ0) is 20.1. The van der Waals surface area contributed by atoms with E-state index in [0.29, 0.717) is 6.42 Å². The molecule has 0 bridgehead atoms. The Balaban J connectivity index is 4.19. The lowest BCUT2D eigenvalue weighted by atomic mass is 10.1. The first-order valence-electron chi connectivity index (χ1n) is 7.65. The van der Waals surface area contributed by atoms with Gasteiger partial charge in [-0.15, -0.1) is 0 Å². The minimum atomic E-state index is -1.22. The Hall–Kier alpha value is -2.54. The quantitative estimate of drug-likeness (QED) is 0.0710. The van der Waals surface area contributed by atoms with Gasteiger partial charge in [-0.05, 0) is 12.8 Å². The molecular weight excluding hydrogens is 366 g/mol. The van der Waals surface area contributed by atoms with E-state index in [1.165, 1.54) is 0 Å². The third-order valence-electron chi connectivity index (χ3n) is 2.98. The van der Waals surface area contributed by atoms with Crippen LogP contribution in [0.4, 0.5) is 0 Å². The summed E-state index contributed by atoms with van der Waals surface area (Å²) in [6.07, 6.45) is 0.461. The second kappa shape index (κ2) is 12.8. The van der Waals surface area contributed by atoms with E-state index >= 15 is 0 Å². The topological polar surface area (TPSA) is 215 Å². The molecule has 0 aromatic carbocycles. The predicted molar refractivity (Wildman–Crippen MR) is 97.3 cm³/mol. The van der Waals surface area contributed by atoms with Gasteiger partial charge in [-0.3, -0.25) is 19.4 Å². The Labute approximate surface area is 155 Å². The van der Waals surface area contributed by atoms with Gasteiger partial charge in [-0.25, -0.2) is 4.79 Å². The zero-order valence-corrected chi connectivity index (χ0v) is 15.0. The van der Waals surface area contributed by atoms with Gasteiger partial charge in [-0.2, -0.15) is 12.6 Å². The number of aliphatic imine (C=N–C) groups is 1. The maximum atomic E-state index is 11.7. The summed E-state index contributed by atoms with van der Waals surface area (Å²) in [5, 5.41) is 15.9. The third kappa shape index (κ3) is 11.1. The Bertz CT molecular complexity index is 539. The highest BCUT2D eigenvalue weighted by Crippen LogP contribution is 1.98. The van der Waals surface area contributed by atoms with Crippen molar-refractivity contribution in [2.75, 3.05) is 25.4 Å². The summed E-state index contributed by atoms with van der Waals surface area (Å²) in [5.41, 5.74) is 15.7. The van der Waals surface area contributed by atoms with Crippen molar-refractivity contribution in [1.82, 2.24) is 16.0 Å². The summed E-state index contributed by atoms with van der Waals surface area (Å²) < 4.78 is 0. The van der Waals surface area contributed by atoms with Gasteiger partial charge in [0, 0.05) is 12.3 Å². The molecule has 0 aliphatic heterocycles. The Morgan fingerprint density at radius 3 is 2.23 bits per heavy atom. The molecule has 0 saturated heterocycles. The second-order valence-electron chi connectivity index (χ2n) is 5.19. The number of nitrogens with zero attached hydrogens (tertiary/aromatic N) is 1. The van der Waals surface area contributed by atoms with E-state index in [1.54, 1.807) is 0 Å². The van der Waals surface area contributed by atoms with Crippen LogP contribution in [0.3, 0.4) is 0 Å². The second-order valence-corrected chi connectivity index (χ2v) is 5.56. The van der Waals surface area contributed by atoms with Crippen molar-refractivity contribution in [2.24, 2.45) is 22.2 Å². The monoisotopic (exact) mass is 391 g/mol. The summed E-state index contributed by atoms with van der Waals surface area (Å²) in [5.74, 6) is -3.07. The number of hydrogen-bond donors (Lipinski definition) is 8. The van der Waals surface area contributed by atoms with E-state index in [9.17, 15) is 19.2 Å². The largest absolute Gasteiger partial charge is 0.480 e. The van der Waals surface area contributed by atoms with E-state index in [0.717, 1.165) is 0 Å². The van der Waals surface area contributed by atoms with E-state index < -0.39 is 42.3 Å². The Morgan fingerprint density at radius 2 is 1.69 bits per heavy atom. The number of nitrogens with two attached hydrogens (primary N) is 3. The molecule has 10 N–H and O–H groups in total. The summed E-state index contributed by atoms with van der Waals surface area (Å²) in [4.78, 5) is 49.5. The molecule has 0 heterocycles. The van der Waals surface area contributed by atoms with Crippen molar-refractivity contribution in [2.45, 2.75) is 24.9 Å². The number of carboxylic acids is 1. The zero-order valence-electron chi connectivity index (χ0n) is 14.1. The van der Waals surface area contributed by atoms with Gasteiger partial charge in [0.15, 0.2) is 5.96 Å². The summed E-state index contributed by atoms with van der Waals surface area (Å²) in [7, 11) is 0. The molecule has 0 aromatic heterocycles. The Morgan fingerprint density at radius 1 is 1.08 bits per heavy atom. The molecule has 0 spiro atoms. The minimum absolute atomic E-state index is 0.106. The van der Waals surface area contributed by atoms with Crippen LogP contribution in [0.2, 0.25) is 0 Å². The summed E-state index contributed by atoms with van der Waals surface area (Å²) >= 11 is 3.85. The standard InChI is InChI=1S/C13H25N7O5S/c14-7(6-26)11(23)19-4-9(21)18-5-10(22)20-8(12(24)25)2-1-3-17-13(15)16/h7-8,26H,1-6,14H2,(H,18,21)(H,19,23)(H,20,22)(H,24,25)(H4,15,16,17). The van der Waals surface area contributed by atoms with Crippen molar-refractivity contribution >= 4 is 42.3 Å². The van der Waals surface area contributed by atoms with Crippen LogP contribution in [0.1, 0.15) is 12.8 Å². The van der Waals surface area contributed by atoms with Crippen LogP contribution >= 0.6 is 12.6 Å². The van der Waals surface area contributed by atoms with Crippen molar-refractivity contribution in [3.8, 4) is 0 Å². The molecule has 0 aliphatic rings. The first-order valence-corrected chi connectivity index (χ1v) is 8.29. The van der Waals surface area contributed by atoms with Gasteiger partial charge >= 0.3 is 5.97 Å². The van der Waals surface area contributed by atoms with E-state index in [-0.39, 0.29) is 31.2 Å². The number of amides is 3. The highest BCUT2D eigenvalue weighted by atomic mass is 32.1. The van der Waals surface area contributed by atoms with Crippen LogP contribution in [-0.4, -0.2) is 72.2 Å².